The molecule has 2 bridgehead atoms. The van der Waals surface area contributed by atoms with Crippen molar-refractivity contribution in [2.24, 2.45) is 0 Å². The van der Waals surface area contributed by atoms with Crippen LogP contribution in [0.5, 0.6) is 0 Å². The molecule has 0 atom stereocenters. The van der Waals surface area contributed by atoms with Crippen LogP contribution in [-0.4, -0.2) is 0 Å². The molecule has 0 radical (unpaired) electrons. The summed E-state index contributed by atoms with van der Waals surface area (Å²) in [6.45, 7) is 0. The lowest BCUT2D eigenvalue weighted by Gasteiger charge is -2.00. The molecule has 0 aromatic rings. The van der Waals surface area contributed by atoms with Crippen LogP contribution in [0.15, 0.2) is 23.3 Å². The minimum Gasteiger partial charge on any atom is -0.0850 e. The van der Waals surface area contributed by atoms with E-state index in [-0.39, 0.29) is 0 Å². The van der Waals surface area contributed by atoms with Gasteiger partial charge in [-0.1, -0.05) is 23.3 Å². The summed E-state index contributed by atoms with van der Waals surface area (Å²) in [6.07, 6.45) is 12.9. The van der Waals surface area contributed by atoms with Crippen molar-refractivity contribution in [2.45, 2.75) is 38.5 Å². The Hall–Kier alpha value is -0.520. The van der Waals surface area contributed by atoms with E-state index < -0.39 is 0 Å². The molecule has 0 saturated heterocycles. The standard InChI is InChI=1S/C10H14/c1-2-4-9-6-7-10(8-9)5-3-1/h4-5H,1-3,6-8H2/b9-4-,10-5-. The lowest BCUT2D eigenvalue weighted by Crippen LogP contribution is -1.80. The molecular formula is C10H14. The van der Waals surface area contributed by atoms with Gasteiger partial charge in [0.25, 0.3) is 0 Å². The quantitative estimate of drug-likeness (QED) is 0.446. The van der Waals surface area contributed by atoms with E-state index in [1.165, 1.54) is 38.5 Å². The van der Waals surface area contributed by atoms with Crippen molar-refractivity contribution < 1.29 is 0 Å². The third kappa shape index (κ3) is 1.16. The van der Waals surface area contributed by atoms with Gasteiger partial charge in [-0.05, 0) is 38.5 Å². The summed E-state index contributed by atoms with van der Waals surface area (Å²) in [7, 11) is 0. The topological polar surface area (TPSA) is 0 Å². The van der Waals surface area contributed by atoms with Crippen molar-refractivity contribution in [2.75, 3.05) is 0 Å². The maximum Gasteiger partial charge on any atom is -0.0108 e. The van der Waals surface area contributed by atoms with Crippen LogP contribution in [0.3, 0.4) is 0 Å². The predicted octanol–water partition coefficient (Wildman–Crippen LogP) is 3.21. The Morgan fingerprint density at radius 1 is 0.900 bits per heavy atom. The maximum atomic E-state index is 2.46. The zero-order valence-electron chi connectivity index (χ0n) is 6.40. The van der Waals surface area contributed by atoms with Gasteiger partial charge in [0.1, 0.15) is 0 Å². The van der Waals surface area contributed by atoms with Crippen molar-refractivity contribution in [3.05, 3.63) is 23.3 Å². The van der Waals surface area contributed by atoms with E-state index in [4.69, 9.17) is 0 Å². The molecule has 10 heavy (non-hydrogen) atoms. The van der Waals surface area contributed by atoms with Gasteiger partial charge in [-0.3, -0.25) is 0 Å². The van der Waals surface area contributed by atoms with Crippen LogP contribution in [-0.2, 0) is 0 Å². The Balaban J connectivity index is 2.20. The van der Waals surface area contributed by atoms with Crippen LogP contribution in [0.1, 0.15) is 38.5 Å². The molecule has 2 rings (SSSR count). The van der Waals surface area contributed by atoms with E-state index in [2.05, 4.69) is 12.2 Å². The highest BCUT2D eigenvalue weighted by atomic mass is 14.2. The Morgan fingerprint density at radius 3 is 2.10 bits per heavy atom. The predicted molar refractivity (Wildman–Crippen MR) is 43.9 cm³/mol. The van der Waals surface area contributed by atoms with Gasteiger partial charge in [0.2, 0.25) is 0 Å². The molecule has 0 nitrogen and oxygen atoms in total. The molecule has 2 aliphatic carbocycles. The molecule has 0 aromatic heterocycles. The van der Waals surface area contributed by atoms with Gasteiger partial charge < -0.3 is 0 Å². The number of hydrogen-bond donors (Lipinski definition) is 0. The summed E-state index contributed by atoms with van der Waals surface area (Å²) in [6, 6.07) is 0. The molecule has 0 heterocycles. The Kier molecular flexibility index (Phi) is 1.62. The Morgan fingerprint density at radius 2 is 1.50 bits per heavy atom. The van der Waals surface area contributed by atoms with Gasteiger partial charge in [-0.25, -0.2) is 0 Å². The molecule has 0 spiro atoms. The molecule has 0 N–H and O–H groups in total. The smallest absolute Gasteiger partial charge is 0.0108 e. The van der Waals surface area contributed by atoms with Gasteiger partial charge in [0.05, 0.1) is 0 Å². The number of rotatable bonds is 0. The SMILES string of the molecule is C1=C2/CC/C(=C/CCC/1)C2. The molecular weight excluding hydrogens is 120 g/mol. The zero-order chi connectivity index (χ0) is 6.81. The fourth-order valence-electron chi connectivity index (χ4n) is 1.87. The first kappa shape index (κ1) is 6.21. The Labute approximate surface area is 62.6 Å². The van der Waals surface area contributed by atoms with Gasteiger partial charge >= 0.3 is 0 Å². The highest BCUT2D eigenvalue weighted by molar-refractivity contribution is 5.24. The Bertz CT molecular complexity index is 164. The van der Waals surface area contributed by atoms with Gasteiger partial charge in [-0.15, -0.1) is 0 Å². The lowest BCUT2D eigenvalue weighted by atomic mass is 10.1. The molecule has 0 heteroatoms. The highest BCUT2D eigenvalue weighted by Crippen LogP contribution is 2.31. The minimum absolute atomic E-state index is 1.31. The normalized spacial score (nSPS) is 35.2. The number of fused-ring (bicyclic) bond motifs is 2. The van der Waals surface area contributed by atoms with Crippen LogP contribution in [0, 0.1) is 0 Å². The van der Waals surface area contributed by atoms with E-state index >= 15 is 0 Å². The lowest BCUT2D eigenvalue weighted by molar-refractivity contribution is 0.845. The van der Waals surface area contributed by atoms with E-state index in [0.717, 1.165) is 0 Å². The van der Waals surface area contributed by atoms with Crippen molar-refractivity contribution in [3.8, 4) is 0 Å². The summed E-state index contributed by atoms with van der Waals surface area (Å²) in [5, 5.41) is 0. The summed E-state index contributed by atoms with van der Waals surface area (Å²) >= 11 is 0. The maximum absolute atomic E-state index is 2.46. The molecule has 0 unspecified atom stereocenters. The second-order valence-corrected chi connectivity index (χ2v) is 3.33. The summed E-state index contributed by atoms with van der Waals surface area (Å²) in [5.74, 6) is 0. The fourth-order valence-corrected chi connectivity index (χ4v) is 1.87. The third-order valence-corrected chi connectivity index (χ3v) is 2.50. The van der Waals surface area contributed by atoms with E-state index in [9.17, 15) is 0 Å². The first-order valence-corrected chi connectivity index (χ1v) is 4.31. The van der Waals surface area contributed by atoms with Gasteiger partial charge in [0, 0.05) is 0 Å². The zero-order valence-corrected chi connectivity index (χ0v) is 6.40. The van der Waals surface area contributed by atoms with Crippen LogP contribution in [0.4, 0.5) is 0 Å². The summed E-state index contributed by atoms with van der Waals surface area (Å²) in [5.41, 5.74) is 3.40. The first-order valence-electron chi connectivity index (χ1n) is 4.31. The van der Waals surface area contributed by atoms with Crippen molar-refractivity contribution in [3.63, 3.8) is 0 Å². The molecule has 0 aromatic carbocycles. The van der Waals surface area contributed by atoms with Crippen molar-refractivity contribution in [1.29, 1.82) is 0 Å². The van der Waals surface area contributed by atoms with E-state index in [0.29, 0.717) is 0 Å². The molecule has 1 saturated carbocycles. The van der Waals surface area contributed by atoms with Crippen molar-refractivity contribution >= 4 is 0 Å². The van der Waals surface area contributed by atoms with Crippen LogP contribution >= 0.6 is 0 Å². The highest BCUT2D eigenvalue weighted by Gasteiger charge is 2.12. The van der Waals surface area contributed by atoms with Gasteiger partial charge in [0.15, 0.2) is 0 Å². The molecule has 1 fully saturated rings. The van der Waals surface area contributed by atoms with E-state index in [1.807, 2.05) is 0 Å². The molecule has 0 amide bonds. The number of allylic oxidation sites excluding steroid dienone is 4. The molecule has 0 aliphatic heterocycles. The monoisotopic (exact) mass is 134 g/mol. The third-order valence-electron chi connectivity index (χ3n) is 2.50. The van der Waals surface area contributed by atoms with Crippen molar-refractivity contribution in [1.82, 2.24) is 0 Å². The summed E-state index contributed by atoms with van der Waals surface area (Å²) in [4.78, 5) is 0. The van der Waals surface area contributed by atoms with E-state index in [1.54, 1.807) is 11.1 Å². The molecule has 2 aliphatic rings. The second-order valence-electron chi connectivity index (χ2n) is 3.33. The average Bonchev–Trinajstić information content (AvgIpc) is 2.30. The largest absolute Gasteiger partial charge is 0.0850 e. The van der Waals surface area contributed by atoms with Gasteiger partial charge in [-0.2, -0.15) is 0 Å². The van der Waals surface area contributed by atoms with Crippen LogP contribution < -0.4 is 0 Å². The minimum atomic E-state index is 1.31. The van der Waals surface area contributed by atoms with Crippen LogP contribution in [0.25, 0.3) is 0 Å². The average molecular weight is 134 g/mol. The summed E-state index contributed by atoms with van der Waals surface area (Å²) < 4.78 is 0. The second kappa shape index (κ2) is 2.61. The van der Waals surface area contributed by atoms with Crippen LogP contribution in [0.2, 0.25) is 0 Å². The fraction of sp³-hybridized carbons (Fsp3) is 0.600. The first-order chi connectivity index (χ1) is 4.95. The number of hydrogen-bond acceptors (Lipinski definition) is 0. The molecule has 54 valence electrons.